The first-order valence-electron chi connectivity index (χ1n) is 6.83. The predicted octanol–water partition coefficient (Wildman–Crippen LogP) is 1.21. The molecule has 21 heavy (non-hydrogen) atoms. The molecule has 1 N–H and O–H groups in total. The van der Waals surface area contributed by atoms with Gasteiger partial charge in [0.1, 0.15) is 0 Å². The molecule has 114 valence electrons. The van der Waals surface area contributed by atoms with Gasteiger partial charge < -0.3 is 5.32 Å². The summed E-state index contributed by atoms with van der Waals surface area (Å²) in [6.45, 7) is 5.62. The summed E-state index contributed by atoms with van der Waals surface area (Å²) in [6.07, 6.45) is 0. The van der Waals surface area contributed by atoms with E-state index in [1.165, 1.54) is 22.6 Å². The van der Waals surface area contributed by atoms with E-state index in [4.69, 9.17) is 0 Å². The van der Waals surface area contributed by atoms with Crippen LogP contribution in [0.3, 0.4) is 0 Å². The van der Waals surface area contributed by atoms with Gasteiger partial charge in [0.15, 0.2) is 0 Å². The predicted molar refractivity (Wildman–Crippen MR) is 86.0 cm³/mol. The Morgan fingerprint density at radius 2 is 1.95 bits per heavy atom. The molecule has 0 saturated carbocycles. The number of nitrogens with one attached hydrogen (secondary N) is 1. The summed E-state index contributed by atoms with van der Waals surface area (Å²) in [5, 5.41) is 5.41. The fourth-order valence-corrected chi connectivity index (χ4v) is 3.05. The van der Waals surface area contributed by atoms with E-state index in [0.29, 0.717) is 12.2 Å². The second kappa shape index (κ2) is 5.99. The molecule has 0 amide bonds. The van der Waals surface area contributed by atoms with E-state index in [1.54, 1.807) is 18.4 Å². The molecule has 0 radical (unpaired) electrons. The molecule has 6 heteroatoms. The Bertz CT molecular complexity index is 726. The smallest absolute Gasteiger partial charge is 0.310 e. The molecule has 0 saturated heterocycles. The molecule has 0 spiro atoms. The van der Waals surface area contributed by atoms with Crippen molar-refractivity contribution < 1.29 is 0 Å². The van der Waals surface area contributed by atoms with E-state index >= 15 is 0 Å². The van der Waals surface area contributed by atoms with Crippen molar-refractivity contribution in [2.45, 2.75) is 25.8 Å². The van der Waals surface area contributed by atoms with Gasteiger partial charge in [-0.15, -0.1) is 11.3 Å². The van der Waals surface area contributed by atoms with Crippen LogP contribution >= 0.6 is 11.3 Å². The minimum atomic E-state index is -0.295. The summed E-state index contributed by atoms with van der Waals surface area (Å²) < 4.78 is 2.62. The summed E-state index contributed by atoms with van der Waals surface area (Å²) in [7, 11) is 3.17. The molecule has 2 rings (SSSR count). The Balaban J connectivity index is 2.08. The van der Waals surface area contributed by atoms with Crippen LogP contribution in [0.25, 0.3) is 0 Å². The lowest BCUT2D eigenvalue weighted by atomic mass is 9.91. The lowest BCUT2D eigenvalue weighted by Gasteiger charge is -2.24. The third-order valence-electron chi connectivity index (χ3n) is 3.69. The zero-order valence-corrected chi connectivity index (χ0v) is 13.7. The van der Waals surface area contributed by atoms with Crippen molar-refractivity contribution in [1.82, 2.24) is 14.5 Å². The van der Waals surface area contributed by atoms with Crippen molar-refractivity contribution >= 4 is 11.3 Å². The summed E-state index contributed by atoms with van der Waals surface area (Å²) in [5.41, 5.74) is 0.154. The molecule has 0 fully saturated rings. The maximum Gasteiger partial charge on any atom is 0.330 e. The van der Waals surface area contributed by atoms with Gasteiger partial charge in [0.2, 0.25) is 0 Å². The number of rotatable bonds is 5. The van der Waals surface area contributed by atoms with Crippen LogP contribution in [0.15, 0.2) is 33.2 Å². The van der Waals surface area contributed by atoms with Gasteiger partial charge in [-0.25, -0.2) is 4.79 Å². The average Bonchev–Trinajstić information content (AvgIpc) is 2.97. The highest BCUT2D eigenvalue weighted by atomic mass is 32.1. The highest BCUT2D eigenvalue weighted by molar-refractivity contribution is 7.10. The summed E-state index contributed by atoms with van der Waals surface area (Å²) >= 11 is 1.74. The summed E-state index contributed by atoms with van der Waals surface area (Å²) in [6, 6.07) is 5.68. The van der Waals surface area contributed by atoms with Crippen LogP contribution in [0.5, 0.6) is 0 Å². The molecule has 0 aliphatic rings. The molecule has 0 aromatic carbocycles. The first-order chi connectivity index (χ1) is 9.83. The van der Waals surface area contributed by atoms with Crippen molar-refractivity contribution in [2.75, 3.05) is 6.54 Å². The molecule has 0 bridgehead atoms. The highest BCUT2D eigenvalue weighted by Gasteiger charge is 2.21. The molecule has 0 unspecified atom stereocenters. The Kier molecular flexibility index (Phi) is 4.49. The zero-order valence-electron chi connectivity index (χ0n) is 12.8. The van der Waals surface area contributed by atoms with Gasteiger partial charge in [-0.2, -0.15) is 0 Å². The molecule has 2 heterocycles. The van der Waals surface area contributed by atoms with E-state index in [1.807, 2.05) is 6.07 Å². The summed E-state index contributed by atoms with van der Waals surface area (Å²) in [5.74, 6) is 0. The van der Waals surface area contributed by atoms with E-state index in [9.17, 15) is 9.59 Å². The Morgan fingerprint density at radius 3 is 2.57 bits per heavy atom. The first-order valence-corrected chi connectivity index (χ1v) is 7.71. The van der Waals surface area contributed by atoms with Crippen LogP contribution in [0.1, 0.15) is 24.4 Å². The lowest BCUT2D eigenvalue weighted by Crippen LogP contribution is -2.40. The monoisotopic (exact) mass is 307 g/mol. The SMILES string of the molecule is Cn1c(CNCC(C)(C)c2cccs2)cc(=O)n(C)c1=O. The van der Waals surface area contributed by atoms with Crippen molar-refractivity contribution in [3.05, 3.63) is 55.0 Å². The van der Waals surface area contributed by atoms with E-state index in [0.717, 1.165) is 11.1 Å². The number of hydrogen-bond donors (Lipinski definition) is 1. The molecule has 0 atom stereocenters. The van der Waals surface area contributed by atoms with E-state index in [-0.39, 0.29) is 16.7 Å². The van der Waals surface area contributed by atoms with Crippen molar-refractivity contribution in [3.63, 3.8) is 0 Å². The molecule has 5 nitrogen and oxygen atoms in total. The quantitative estimate of drug-likeness (QED) is 0.903. The van der Waals surface area contributed by atoms with E-state index in [2.05, 4.69) is 30.6 Å². The number of hydrogen-bond acceptors (Lipinski definition) is 4. The molecular formula is C15H21N3O2S. The highest BCUT2D eigenvalue weighted by Crippen LogP contribution is 2.26. The summed E-state index contributed by atoms with van der Waals surface area (Å²) in [4.78, 5) is 24.9. The minimum Gasteiger partial charge on any atom is -0.310 e. The molecule has 2 aromatic rings. The maximum absolute atomic E-state index is 11.9. The van der Waals surface area contributed by atoms with Crippen LogP contribution < -0.4 is 16.6 Å². The number of thiophene rings is 1. The molecule has 0 aliphatic heterocycles. The fraction of sp³-hybridized carbons (Fsp3) is 0.467. The topological polar surface area (TPSA) is 56.0 Å². The third kappa shape index (κ3) is 3.33. The second-order valence-electron chi connectivity index (χ2n) is 5.84. The second-order valence-corrected chi connectivity index (χ2v) is 6.79. The minimum absolute atomic E-state index is 0.0206. The lowest BCUT2D eigenvalue weighted by molar-refractivity contribution is 0.468. The normalized spacial score (nSPS) is 11.8. The Labute approximate surface area is 127 Å². The van der Waals surface area contributed by atoms with Crippen molar-refractivity contribution in [3.8, 4) is 0 Å². The van der Waals surface area contributed by atoms with Gasteiger partial charge in [0.25, 0.3) is 5.56 Å². The molecule has 2 aromatic heterocycles. The van der Waals surface area contributed by atoms with Crippen LogP contribution in [0, 0.1) is 0 Å². The van der Waals surface area contributed by atoms with Gasteiger partial charge in [-0.05, 0) is 11.4 Å². The van der Waals surface area contributed by atoms with Gasteiger partial charge in [-0.1, -0.05) is 19.9 Å². The molecular weight excluding hydrogens is 286 g/mol. The standard InChI is InChI=1S/C15H21N3O2S/c1-15(2,12-6-5-7-21-12)10-16-9-11-8-13(19)18(4)14(20)17(11)3/h5-8,16H,9-10H2,1-4H3. The first kappa shape index (κ1) is 15.7. The van der Waals surface area contributed by atoms with Gasteiger partial charge in [-0.3, -0.25) is 13.9 Å². The van der Waals surface area contributed by atoms with Gasteiger partial charge in [0, 0.05) is 49.2 Å². The van der Waals surface area contributed by atoms with Crippen LogP contribution in [0.2, 0.25) is 0 Å². The molecule has 0 aliphatic carbocycles. The van der Waals surface area contributed by atoms with Crippen molar-refractivity contribution in [1.29, 1.82) is 0 Å². The van der Waals surface area contributed by atoms with Crippen LogP contribution in [-0.4, -0.2) is 15.7 Å². The van der Waals surface area contributed by atoms with Crippen LogP contribution in [0.4, 0.5) is 0 Å². The largest absolute Gasteiger partial charge is 0.330 e. The number of aromatic nitrogens is 2. The third-order valence-corrected chi connectivity index (χ3v) is 4.92. The zero-order chi connectivity index (χ0) is 15.6. The maximum atomic E-state index is 11.9. The van der Waals surface area contributed by atoms with Gasteiger partial charge >= 0.3 is 5.69 Å². The Morgan fingerprint density at radius 1 is 1.24 bits per heavy atom. The van der Waals surface area contributed by atoms with E-state index < -0.39 is 0 Å². The average molecular weight is 307 g/mol. The number of nitrogens with zero attached hydrogens (tertiary/aromatic N) is 2. The fourth-order valence-electron chi connectivity index (χ4n) is 2.20. The van der Waals surface area contributed by atoms with Crippen LogP contribution in [-0.2, 0) is 26.1 Å². The Hall–Kier alpha value is -1.66. The van der Waals surface area contributed by atoms with Gasteiger partial charge in [0.05, 0.1) is 0 Å². The van der Waals surface area contributed by atoms with Crippen molar-refractivity contribution in [2.24, 2.45) is 14.1 Å².